The fourth-order valence-corrected chi connectivity index (χ4v) is 1.95. The summed E-state index contributed by atoms with van der Waals surface area (Å²) < 4.78 is 15.8. The van der Waals surface area contributed by atoms with E-state index < -0.39 is 0 Å². The van der Waals surface area contributed by atoms with Crippen molar-refractivity contribution in [1.82, 2.24) is 0 Å². The Morgan fingerprint density at radius 1 is 1.44 bits per heavy atom. The van der Waals surface area contributed by atoms with Gasteiger partial charge in [-0.25, -0.2) is 4.79 Å². The molecule has 0 atom stereocenters. The van der Waals surface area contributed by atoms with Crippen LogP contribution in [-0.2, 0) is 14.9 Å². The van der Waals surface area contributed by atoms with Gasteiger partial charge in [0.2, 0.25) is 0 Å². The molecule has 1 aromatic rings. The van der Waals surface area contributed by atoms with Crippen LogP contribution in [0.5, 0.6) is 11.5 Å². The Hall–Kier alpha value is -1.71. The summed E-state index contributed by atoms with van der Waals surface area (Å²) in [5.41, 5.74) is 1.21. The van der Waals surface area contributed by atoms with E-state index in [1.807, 2.05) is 18.2 Å². The Labute approximate surface area is 107 Å². The van der Waals surface area contributed by atoms with Crippen molar-refractivity contribution >= 4 is 5.97 Å². The third kappa shape index (κ3) is 2.58. The fourth-order valence-electron chi connectivity index (χ4n) is 1.95. The highest BCUT2D eigenvalue weighted by Gasteiger charge is 2.31. The number of rotatable bonds is 4. The highest BCUT2D eigenvalue weighted by molar-refractivity contribution is 5.71. The zero-order valence-electron chi connectivity index (χ0n) is 11.0. The lowest BCUT2D eigenvalue weighted by Gasteiger charge is -2.15. The van der Waals surface area contributed by atoms with Crippen molar-refractivity contribution in [2.45, 2.75) is 26.2 Å². The zero-order valence-corrected chi connectivity index (χ0v) is 11.0. The molecule has 1 heterocycles. The molecule has 4 heteroatoms. The van der Waals surface area contributed by atoms with Crippen LogP contribution in [0, 0.1) is 0 Å². The summed E-state index contributed by atoms with van der Waals surface area (Å²) in [6.45, 7) is 7.00. The van der Waals surface area contributed by atoms with Gasteiger partial charge in [-0.3, -0.25) is 0 Å². The molecule has 0 bridgehead atoms. The smallest absolute Gasteiger partial charge is 0.344 e. The molecule has 2 rings (SSSR count). The summed E-state index contributed by atoms with van der Waals surface area (Å²) in [6.07, 6.45) is 0. The number of benzene rings is 1. The fraction of sp³-hybridized carbons (Fsp3) is 0.500. The van der Waals surface area contributed by atoms with E-state index in [0.29, 0.717) is 19.0 Å². The second kappa shape index (κ2) is 4.88. The SMILES string of the molecule is CCOC(=O)COc1ccc2c(c1)OCC2(C)C. The van der Waals surface area contributed by atoms with E-state index in [1.54, 1.807) is 6.92 Å². The third-order valence-electron chi connectivity index (χ3n) is 2.93. The predicted molar refractivity (Wildman–Crippen MR) is 67.1 cm³/mol. The molecule has 0 unspecified atom stereocenters. The Morgan fingerprint density at radius 2 is 2.22 bits per heavy atom. The normalized spacial score (nSPS) is 15.7. The van der Waals surface area contributed by atoms with E-state index in [9.17, 15) is 4.79 Å². The minimum atomic E-state index is -0.362. The van der Waals surface area contributed by atoms with Crippen LogP contribution in [0.3, 0.4) is 0 Å². The summed E-state index contributed by atoms with van der Waals surface area (Å²) in [5, 5.41) is 0. The Kier molecular flexibility index (Phi) is 3.45. The van der Waals surface area contributed by atoms with Crippen LogP contribution in [0.15, 0.2) is 18.2 Å². The monoisotopic (exact) mass is 250 g/mol. The number of carbonyl (C=O) groups is 1. The number of esters is 1. The van der Waals surface area contributed by atoms with E-state index >= 15 is 0 Å². The zero-order chi connectivity index (χ0) is 13.2. The van der Waals surface area contributed by atoms with Crippen LogP contribution in [0.2, 0.25) is 0 Å². The molecule has 1 aliphatic heterocycles. The summed E-state index contributed by atoms with van der Waals surface area (Å²) in [6, 6.07) is 5.67. The molecule has 98 valence electrons. The topological polar surface area (TPSA) is 44.8 Å². The highest BCUT2D eigenvalue weighted by atomic mass is 16.6. The first-order valence-electron chi connectivity index (χ1n) is 6.08. The van der Waals surface area contributed by atoms with Gasteiger partial charge in [-0.05, 0) is 13.0 Å². The molecule has 0 amide bonds. The van der Waals surface area contributed by atoms with Gasteiger partial charge in [0.05, 0.1) is 13.2 Å². The van der Waals surface area contributed by atoms with Gasteiger partial charge in [0.1, 0.15) is 11.5 Å². The van der Waals surface area contributed by atoms with Crippen molar-refractivity contribution in [1.29, 1.82) is 0 Å². The van der Waals surface area contributed by atoms with Crippen LogP contribution >= 0.6 is 0 Å². The first-order valence-corrected chi connectivity index (χ1v) is 6.08. The first kappa shape index (κ1) is 12.7. The van der Waals surface area contributed by atoms with Crippen LogP contribution in [-0.4, -0.2) is 25.8 Å². The molecule has 0 aromatic heterocycles. The number of ether oxygens (including phenoxy) is 3. The molecule has 0 saturated heterocycles. The molecule has 0 radical (unpaired) electrons. The van der Waals surface area contributed by atoms with E-state index in [0.717, 1.165) is 5.75 Å². The number of fused-ring (bicyclic) bond motifs is 1. The van der Waals surface area contributed by atoms with Crippen molar-refractivity contribution in [3.05, 3.63) is 23.8 Å². The Balaban J connectivity index is 2.03. The maximum Gasteiger partial charge on any atom is 0.344 e. The molecule has 0 spiro atoms. The quantitative estimate of drug-likeness (QED) is 0.769. The Morgan fingerprint density at radius 3 is 2.94 bits per heavy atom. The van der Waals surface area contributed by atoms with Gasteiger partial charge in [-0.2, -0.15) is 0 Å². The van der Waals surface area contributed by atoms with Gasteiger partial charge in [0.25, 0.3) is 0 Å². The molecule has 18 heavy (non-hydrogen) atoms. The average Bonchev–Trinajstić information content (AvgIpc) is 2.63. The predicted octanol–water partition coefficient (Wildman–Crippen LogP) is 2.30. The van der Waals surface area contributed by atoms with Gasteiger partial charge in [-0.15, -0.1) is 0 Å². The summed E-state index contributed by atoms with van der Waals surface area (Å²) in [5.74, 6) is 1.10. The number of carbonyl (C=O) groups excluding carboxylic acids is 1. The minimum Gasteiger partial charge on any atom is -0.492 e. The van der Waals surface area contributed by atoms with E-state index in [1.165, 1.54) is 5.56 Å². The van der Waals surface area contributed by atoms with E-state index in [2.05, 4.69) is 13.8 Å². The lowest BCUT2D eigenvalue weighted by Crippen LogP contribution is -2.18. The Bertz CT molecular complexity index is 451. The van der Waals surface area contributed by atoms with E-state index in [-0.39, 0.29) is 18.0 Å². The molecule has 0 saturated carbocycles. The second-order valence-corrected chi connectivity index (χ2v) is 4.92. The van der Waals surface area contributed by atoms with Crippen LogP contribution in [0.25, 0.3) is 0 Å². The van der Waals surface area contributed by atoms with Crippen molar-refractivity contribution in [3.8, 4) is 11.5 Å². The molecular formula is C14H18O4. The van der Waals surface area contributed by atoms with Crippen LogP contribution in [0.4, 0.5) is 0 Å². The maximum atomic E-state index is 11.2. The van der Waals surface area contributed by atoms with Gasteiger partial charge < -0.3 is 14.2 Å². The molecule has 0 N–H and O–H groups in total. The molecule has 0 aliphatic carbocycles. The first-order chi connectivity index (χ1) is 8.53. The van der Waals surface area contributed by atoms with Gasteiger partial charge in [0, 0.05) is 17.0 Å². The third-order valence-corrected chi connectivity index (χ3v) is 2.93. The standard InChI is InChI=1S/C14H18O4/c1-4-16-13(15)8-17-10-5-6-11-12(7-10)18-9-14(11,2)3/h5-7H,4,8-9H2,1-3H3. The van der Waals surface area contributed by atoms with Crippen LogP contribution in [0.1, 0.15) is 26.3 Å². The summed E-state index contributed by atoms with van der Waals surface area (Å²) >= 11 is 0. The lowest BCUT2D eigenvalue weighted by molar-refractivity contribution is -0.145. The van der Waals surface area contributed by atoms with Crippen LogP contribution < -0.4 is 9.47 Å². The van der Waals surface area contributed by atoms with Crippen molar-refractivity contribution in [2.75, 3.05) is 19.8 Å². The van der Waals surface area contributed by atoms with Gasteiger partial charge in [0.15, 0.2) is 6.61 Å². The number of hydrogen-bond donors (Lipinski definition) is 0. The lowest BCUT2D eigenvalue weighted by atomic mass is 9.87. The van der Waals surface area contributed by atoms with Gasteiger partial charge in [-0.1, -0.05) is 19.9 Å². The van der Waals surface area contributed by atoms with Crippen molar-refractivity contribution < 1.29 is 19.0 Å². The second-order valence-electron chi connectivity index (χ2n) is 4.92. The van der Waals surface area contributed by atoms with Gasteiger partial charge >= 0.3 is 5.97 Å². The summed E-state index contributed by atoms with van der Waals surface area (Å²) in [4.78, 5) is 11.2. The largest absolute Gasteiger partial charge is 0.492 e. The summed E-state index contributed by atoms with van der Waals surface area (Å²) in [7, 11) is 0. The van der Waals surface area contributed by atoms with E-state index in [4.69, 9.17) is 14.2 Å². The average molecular weight is 250 g/mol. The minimum absolute atomic E-state index is 0.0367. The molecule has 1 aromatic carbocycles. The maximum absolute atomic E-state index is 11.2. The van der Waals surface area contributed by atoms with Crippen molar-refractivity contribution in [3.63, 3.8) is 0 Å². The van der Waals surface area contributed by atoms with Crippen molar-refractivity contribution in [2.24, 2.45) is 0 Å². The molecular weight excluding hydrogens is 232 g/mol. The molecule has 0 fully saturated rings. The number of hydrogen-bond acceptors (Lipinski definition) is 4. The molecule has 4 nitrogen and oxygen atoms in total. The highest BCUT2D eigenvalue weighted by Crippen LogP contribution is 2.40. The molecule has 1 aliphatic rings.